The number of methoxy groups -OCH3 is 1. The van der Waals surface area contributed by atoms with Crippen molar-refractivity contribution in [3.8, 4) is 5.88 Å². The lowest BCUT2D eigenvalue weighted by Crippen LogP contribution is -2.48. The van der Waals surface area contributed by atoms with E-state index >= 15 is 0 Å². The molecule has 2 aromatic heterocycles. The molecular formula is C33H33N7O4. The smallest absolute Gasteiger partial charge is 0.337 e. The highest BCUT2D eigenvalue weighted by molar-refractivity contribution is 6.22. The molecular weight excluding hydrogens is 558 g/mol. The second kappa shape index (κ2) is 12.2. The Hall–Kier alpha value is -5.13. The summed E-state index contributed by atoms with van der Waals surface area (Å²) in [5.41, 5.74) is 4.08. The van der Waals surface area contributed by atoms with Crippen LogP contribution in [-0.2, 0) is 9.53 Å². The average molecular weight is 592 g/mol. The summed E-state index contributed by atoms with van der Waals surface area (Å²) in [4.78, 5) is 39.3. The highest BCUT2D eigenvalue weighted by Gasteiger charge is 2.22. The first-order chi connectivity index (χ1) is 21.3. The fourth-order valence-electron chi connectivity index (χ4n) is 5.40. The average Bonchev–Trinajstić information content (AvgIpc) is 3.38. The van der Waals surface area contributed by atoms with Gasteiger partial charge in [-0.3, -0.25) is 9.69 Å². The molecule has 3 heterocycles. The van der Waals surface area contributed by atoms with Gasteiger partial charge in [0.1, 0.15) is 0 Å². The number of H-pyrrole nitrogens is 1. The van der Waals surface area contributed by atoms with Crippen molar-refractivity contribution < 1.29 is 19.4 Å². The van der Waals surface area contributed by atoms with Gasteiger partial charge in [-0.2, -0.15) is 10.2 Å². The molecule has 1 fully saturated rings. The summed E-state index contributed by atoms with van der Waals surface area (Å²) in [6.07, 6.45) is 3.37. The van der Waals surface area contributed by atoms with Gasteiger partial charge in [0.15, 0.2) is 5.88 Å². The number of benzene rings is 3. The Labute approximate surface area is 254 Å². The summed E-state index contributed by atoms with van der Waals surface area (Å²) < 4.78 is 4.86. The van der Waals surface area contributed by atoms with Crippen molar-refractivity contribution in [3.05, 3.63) is 89.7 Å². The number of esters is 1. The van der Waals surface area contributed by atoms with Gasteiger partial charge < -0.3 is 24.6 Å². The van der Waals surface area contributed by atoms with E-state index in [4.69, 9.17) is 9.73 Å². The molecule has 0 spiro atoms. The van der Waals surface area contributed by atoms with Crippen molar-refractivity contribution in [3.63, 3.8) is 0 Å². The maximum atomic E-state index is 13.0. The zero-order chi connectivity index (χ0) is 30.8. The number of carbonyl (C=O) groups is 2. The van der Waals surface area contributed by atoms with E-state index < -0.39 is 5.97 Å². The van der Waals surface area contributed by atoms with Crippen LogP contribution in [-0.4, -0.2) is 102 Å². The molecule has 6 rings (SSSR count). The Morgan fingerprint density at radius 1 is 0.955 bits per heavy atom. The molecule has 224 valence electrons. The summed E-state index contributed by atoms with van der Waals surface area (Å²) in [7, 11) is 5.20. The number of rotatable bonds is 7. The topological polar surface area (TPSA) is 127 Å². The number of carbonyl (C=O) groups excluding carboxylic acids is 2. The molecule has 1 amide bonds. The summed E-state index contributed by atoms with van der Waals surface area (Å²) in [6, 6.07) is 18.3. The predicted octanol–water partition coefficient (Wildman–Crippen LogP) is 3.98. The fraction of sp³-hybridized carbons (Fsp3) is 0.242. The lowest BCUT2D eigenvalue weighted by atomic mass is 9.98. The zero-order valence-electron chi connectivity index (χ0n) is 24.8. The standard InChI is InChI=1S/C33H33N7O4/c1-38-12-14-40(15-13-38)20-29(41)39(2)26-9-7-25(8-10-26)36-31(21-4-5-23-18-34-35-19-24(23)16-21)30-27-11-6-22(33(43)44-3)17-28(27)37-32(30)42/h4-11,16-19,37,42H,12-15,20H2,1-3H3. The first-order valence-corrected chi connectivity index (χ1v) is 14.3. The van der Waals surface area contributed by atoms with Gasteiger partial charge in [-0.25, -0.2) is 9.79 Å². The summed E-state index contributed by atoms with van der Waals surface area (Å²) in [6.45, 7) is 4.03. The number of hydrogen-bond acceptors (Lipinski definition) is 9. The fourth-order valence-corrected chi connectivity index (χ4v) is 5.40. The summed E-state index contributed by atoms with van der Waals surface area (Å²) >= 11 is 0. The largest absolute Gasteiger partial charge is 0.494 e. The van der Waals surface area contributed by atoms with E-state index in [-0.39, 0.29) is 11.8 Å². The molecule has 11 nitrogen and oxygen atoms in total. The number of nitrogens with zero attached hydrogens (tertiary/aromatic N) is 6. The van der Waals surface area contributed by atoms with Crippen molar-refractivity contribution in [1.29, 1.82) is 0 Å². The van der Waals surface area contributed by atoms with Crippen molar-refractivity contribution in [2.24, 2.45) is 4.99 Å². The van der Waals surface area contributed by atoms with Crippen LogP contribution in [0.2, 0.25) is 0 Å². The van der Waals surface area contributed by atoms with Crippen molar-refractivity contribution in [2.75, 3.05) is 58.8 Å². The number of nitrogens with one attached hydrogen (secondary N) is 1. The van der Waals surface area contributed by atoms with Gasteiger partial charge in [0, 0.05) is 66.2 Å². The van der Waals surface area contributed by atoms with Gasteiger partial charge in [0.05, 0.1) is 48.6 Å². The number of aromatic amines is 1. The normalized spacial score (nSPS) is 14.7. The molecule has 2 N–H and O–H groups in total. The number of aliphatic imine (C=N–C) groups is 1. The first-order valence-electron chi connectivity index (χ1n) is 14.3. The minimum atomic E-state index is -0.473. The van der Waals surface area contributed by atoms with E-state index in [1.807, 2.05) is 42.5 Å². The highest BCUT2D eigenvalue weighted by Crippen LogP contribution is 2.33. The maximum Gasteiger partial charge on any atom is 0.337 e. The number of fused-ring (bicyclic) bond motifs is 2. The molecule has 1 aliphatic heterocycles. The monoisotopic (exact) mass is 591 g/mol. The number of aromatic nitrogens is 3. The number of piperazine rings is 1. The van der Waals surface area contributed by atoms with Crippen LogP contribution in [0.5, 0.6) is 5.88 Å². The van der Waals surface area contributed by atoms with Crippen molar-refractivity contribution >= 4 is 50.6 Å². The van der Waals surface area contributed by atoms with Crippen LogP contribution >= 0.6 is 0 Å². The van der Waals surface area contributed by atoms with E-state index in [0.717, 1.165) is 48.2 Å². The molecule has 5 aromatic rings. The van der Waals surface area contributed by atoms with Crippen molar-refractivity contribution in [2.45, 2.75) is 0 Å². The Bertz CT molecular complexity index is 1880. The highest BCUT2D eigenvalue weighted by atomic mass is 16.5. The molecule has 1 saturated heterocycles. The number of anilines is 1. The number of ether oxygens (including phenoxy) is 1. The molecule has 0 saturated carbocycles. The lowest BCUT2D eigenvalue weighted by Gasteiger charge is -2.32. The minimum Gasteiger partial charge on any atom is -0.494 e. The molecule has 3 aromatic carbocycles. The van der Waals surface area contributed by atoms with E-state index in [0.29, 0.717) is 40.0 Å². The Morgan fingerprint density at radius 3 is 2.39 bits per heavy atom. The van der Waals surface area contributed by atoms with Gasteiger partial charge in [-0.05, 0) is 49.5 Å². The quantitative estimate of drug-likeness (QED) is 0.215. The lowest BCUT2D eigenvalue weighted by molar-refractivity contribution is -0.119. The van der Waals surface area contributed by atoms with E-state index in [2.05, 4.69) is 32.0 Å². The molecule has 0 bridgehead atoms. The molecule has 0 radical (unpaired) electrons. The number of hydrogen-bond donors (Lipinski definition) is 2. The third kappa shape index (κ3) is 5.87. The second-order valence-corrected chi connectivity index (χ2v) is 10.9. The van der Waals surface area contributed by atoms with Gasteiger partial charge in [0.25, 0.3) is 0 Å². The van der Waals surface area contributed by atoms with Gasteiger partial charge in [-0.1, -0.05) is 18.2 Å². The SMILES string of the molecule is COC(=O)c1ccc2c(C(=Nc3ccc(N(C)C(=O)CN4CCN(C)CC4)cc3)c3ccc4cnncc4c3)c(O)[nH]c2c1. The van der Waals surface area contributed by atoms with E-state index in [9.17, 15) is 14.7 Å². The van der Waals surface area contributed by atoms with E-state index in [1.165, 1.54) is 7.11 Å². The second-order valence-electron chi connectivity index (χ2n) is 10.9. The minimum absolute atomic E-state index is 0.0285. The van der Waals surface area contributed by atoms with Gasteiger partial charge >= 0.3 is 5.97 Å². The van der Waals surface area contributed by atoms with Gasteiger partial charge in [-0.15, -0.1) is 0 Å². The van der Waals surface area contributed by atoms with Crippen LogP contribution < -0.4 is 4.90 Å². The number of aromatic hydroxyl groups is 1. The Balaban J connectivity index is 1.36. The van der Waals surface area contributed by atoms with E-state index in [1.54, 1.807) is 42.5 Å². The third-order valence-electron chi connectivity index (χ3n) is 8.06. The van der Waals surface area contributed by atoms with Gasteiger partial charge in [0.2, 0.25) is 5.91 Å². The molecule has 0 unspecified atom stereocenters. The Morgan fingerprint density at radius 2 is 1.66 bits per heavy atom. The maximum absolute atomic E-state index is 13.0. The van der Waals surface area contributed by atoms with Crippen molar-refractivity contribution in [1.82, 2.24) is 25.0 Å². The van der Waals surface area contributed by atoms with Crippen LogP contribution in [0.25, 0.3) is 21.7 Å². The van der Waals surface area contributed by atoms with Crippen LogP contribution in [0, 0.1) is 0 Å². The summed E-state index contributed by atoms with van der Waals surface area (Å²) in [5.74, 6) is -0.528. The molecule has 1 aliphatic rings. The van der Waals surface area contributed by atoms with Crippen LogP contribution in [0.3, 0.4) is 0 Å². The van der Waals surface area contributed by atoms with Crippen LogP contribution in [0.1, 0.15) is 21.5 Å². The predicted molar refractivity (Wildman–Crippen MR) is 170 cm³/mol. The molecule has 0 aliphatic carbocycles. The van der Waals surface area contributed by atoms with Crippen LogP contribution in [0.4, 0.5) is 11.4 Å². The number of likely N-dealkylation sites (N-methyl/N-ethyl adjacent to an activating group) is 2. The van der Waals surface area contributed by atoms with Crippen LogP contribution in [0.15, 0.2) is 78.0 Å². The third-order valence-corrected chi connectivity index (χ3v) is 8.06. The molecule has 0 atom stereocenters. The molecule has 11 heteroatoms. The Kier molecular flexibility index (Phi) is 8.05. The molecule has 44 heavy (non-hydrogen) atoms. The zero-order valence-corrected chi connectivity index (χ0v) is 24.8. The first kappa shape index (κ1) is 29.0. The summed E-state index contributed by atoms with van der Waals surface area (Å²) in [5, 5.41) is 21.6. The number of amides is 1.